The van der Waals surface area contributed by atoms with Crippen LogP contribution in [0.1, 0.15) is 35.0 Å². The molecule has 1 aromatic heterocycles. The van der Waals surface area contributed by atoms with E-state index in [4.69, 9.17) is 0 Å². The molecule has 0 spiro atoms. The van der Waals surface area contributed by atoms with E-state index in [9.17, 15) is 0 Å². The van der Waals surface area contributed by atoms with Crippen molar-refractivity contribution in [2.75, 3.05) is 20.6 Å². The van der Waals surface area contributed by atoms with E-state index in [0.29, 0.717) is 6.54 Å². The van der Waals surface area contributed by atoms with Gasteiger partial charge in [-0.1, -0.05) is 31.2 Å². The van der Waals surface area contributed by atoms with Crippen molar-refractivity contribution in [1.82, 2.24) is 25.3 Å². The van der Waals surface area contributed by atoms with Crippen LogP contribution in [0.25, 0.3) is 0 Å². The molecule has 150 valence electrons. The van der Waals surface area contributed by atoms with Crippen LogP contribution in [0.3, 0.4) is 0 Å². The summed E-state index contributed by atoms with van der Waals surface area (Å²) in [6, 6.07) is 8.69. The predicted octanol–water partition coefficient (Wildman–Crippen LogP) is 2.97. The maximum absolute atomic E-state index is 4.46. The third kappa shape index (κ3) is 6.80. The predicted molar refractivity (Wildman–Crippen MR) is 124 cm³/mol. The van der Waals surface area contributed by atoms with Gasteiger partial charge < -0.3 is 15.5 Å². The maximum atomic E-state index is 4.46. The van der Waals surface area contributed by atoms with E-state index in [2.05, 4.69) is 70.8 Å². The van der Waals surface area contributed by atoms with Gasteiger partial charge in [-0.05, 0) is 38.6 Å². The Labute approximate surface area is 180 Å². The van der Waals surface area contributed by atoms with E-state index in [1.807, 2.05) is 18.7 Å². The number of halogens is 1. The number of guanidine groups is 1. The van der Waals surface area contributed by atoms with Crippen molar-refractivity contribution >= 4 is 29.9 Å². The van der Waals surface area contributed by atoms with Gasteiger partial charge in [0.1, 0.15) is 0 Å². The van der Waals surface area contributed by atoms with Gasteiger partial charge in [0.25, 0.3) is 0 Å². The van der Waals surface area contributed by atoms with Crippen LogP contribution in [-0.2, 0) is 26.7 Å². The topological polar surface area (TPSA) is 57.5 Å². The summed E-state index contributed by atoms with van der Waals surface area (Å²) in [6.07, 6.45) is 0. The van der Waals surface area contributed by atoms with Crippen molar-refractivity contribution < 1.29 is 0 Å². The molecule has 27 heavy (non-hydrogen) atoms. The molecule has 2 rings (SSSR count). The number of aryl methyl sites for hydroxylation is 2. The Morgan fingerprint density at radius 3 is 2.44 bits per heavy atom. The summed E-state index contributed by atoms with van der Waals surface area (Å²) in [4.78, 5) is 6.62. The van der Waals surface area contributed by atoms with Crippen molar-refractivity contribution in [3.8, 4) is 0 Å². The fraction of sp³-hybridized carbons (Fsp3) is 0.500. The molecular formula is C20H33IN6. The van der Waals surface area contributed by atoms with Crippen LogP contribution in [0.5, 0.6) is 0 Å². The summed E-state index contributed by atoms with van der Waals surface area (Å²) in [7, 11) is 5.91. The number of aliphatic imine (C=N–C) groups is 1. The Balaban J connectivity index is 0.00000364. The van der Waals surface area contributed by atoms with E-state index in [1.165, 1.54) is 22.4 Å². The molecule has 0 amide bonds. The molecule has 0 saturated heterocycles. The zero-order valence-corrected chi connectivity index (χ0v) is 19.7. The lowest BCUT2D eigenvalue weighted by Gasteiger charge is -2.15. The average molecular weight is 484 g/mol. The Bertz CT molecular complexity index is 753. The molecule has 0 unspecified atom stereocenters. The Morgan fingerprint density at radius 2 is 1.85 bits per heavy atom. The highest BCUT2D eigenvalue weighted by atomic mass is 127. The smallest absolute Gasteiger partial charge is 0.191 e. The second kappa shape index (κ2) is 11.3. The fourth-order valence-electron chi connectivity index (χ4n) is 2.91. The summed E-state index contributed by atoms with van der Waals surface area (Å²) in [5.74, 6) is 0.795. The Morgan fingerprint density at radius 1 is 1.19 bits per heavy atom. The third-order valence-electron chi connectivity index (χ3n) is 4.76. The summed E-state index contributed by atoms with van der Waals surface area (Å²) >= 11 is 0. The van der Waals surface area contributed by atoms with Gasteiger partial charge in [0.05, 0.1) is 5.69 Å². The monoisotopic (exact) mass is 484 g/mol. The van der Waals surface area contributed by atoms with E-state index in [-0.39, 0.29) is 24.0 Å². The molecule has 0 aliphatic carbocycles. The number of hydrogen-bond donors (Lipinski definition) is 2. The van der Waals surface area contributed by atoms with Gasteiger partial charge in [0.15, 0.2) is 5.96 Å². The van der Waals surface area contributed by atoms with E-state index >= 15 is 0 Å². The van der Waals surface area contributed by atoms with Gasteiger partial charge in [-0.2, -0.15) is 5.10 Å². The highest BCUT2D eigenvalue weighted by Gasteiger charge is 2.09. The Kier molecular flexibility index (Phi) is 9.79. The summed E-state index contributed by atoms with van der Waals surface area (Å²) in [5.41, 5.74) is 6.04. The first-order valence-corrected chi connectivity index (χ1v) is 9.14. The summed E-state index contributed by atoms with van der Waals surface area (Å²) in [5, 5.41) is 11.2. The van der Waals surface area contributed by atoms with Crippen LogP contribution < -0.4 is 10.6 Å². The van der Waals surface area contributed by atoms with Gasteiger partial charge in [-0.15, -0.1) is 24.0 Å². The molecule has 6 nitrogen and oxygen atoms in total. The second-order valence-electron chi connectivity index (χ2n) is 6.70. The molecule has 0 atom stereocenters. The summed E-state index contributed by atoms with van der Waals surface area (Å²) in [6.45, 7) is 9.78. The van der Waals surface area contributed by atoms with Crippen LogP contribution in [-0.4, -0.2) is 41.3 Å². The van der Waals surface area contributed by atoms with Crippen molar-refractivity contribution in [3.05, 3.63) is 52.3 Å². The molecule has 0 fully saturated rings. The number of nitrogens with one attached hydrogen (secondary N) is 2. The van der Waals surface area contributed by atoms with Gasteiger partial charge in [-0.25, -0.2) is 0 Å². The van der Waals surface area contributed by atoms with Crippen LogP contribution in [0.2, 0.25) is 0 Å². The second-order valence-corrected chi connectivity index (χ2v) is 6.70. The normalized spacial score (nSPS) is 11.4. The van der Waals surface area contributed by atoms with Crippen LogP contribution in [0.15, 0.2) is 29.3 Å². The largest absolute Gasteiger partial charge is 0.352 e. The van der Waals surface area contributed by atoms with E-state index < -0.39 is 0 Å². The number of nitrogens with zero attached hydrogens (tertiary/aromatic N) is 4. The minimum atomic E-state index is 0. The molecule has 0 aliphatic rings. The lowest BCUT2D eigenvalue weighted by Crippen LogP contribution is -2.36. The molecule has 2 N–H and O–H groups in total. The van der Waals surface area contributed by atoms with E-state index in [1.54, 1.807) is 7.05 Å². The quantitative estimate of drug-likeness (QED) is 0.361. The number of benzene rings is 1. The number of hydrogen-bond acceptors (Lipinski definition) is 3. The molecule has 1 aromatic carbocycles. The van der Waals surface area contributed by atoms with E-state index in [0.717, 1.165) is 31.3 Å². The SMILES string of the molecule is CCN(C)Cc1cccc(CNC(=NC)NCc2c(C)nn(C)c2C)c1.I. The molecule has 0 aliphatic heterocycles. The van der Waals surface area contributed by atoms with Crippen molar-refractivity contribution in [2.45, 2.75) is 40.4 Å². The first-order valence-electron chi connectivity index (χ1n) is 9.14. The fourth-order valence-corrected chi connectivity index (χ4v) is 2.91. The zero-order chi connectivity index (χ0) is 19.1. The first-order chi connectivity index (χ1) is 12.4. The number of aromatic nitrogens is 2. The highest BCUT2D eigenvalue weighted by molar-refractivity contribution is 14.0. The molecular weight excluding hydrogens is 451 g/mol. The summed E-state index contributed by atoms with van der Waals surface area (Å²) < 4.78 is 1.92. The lowest BCUT2D eigenvalue weighted by atomic mass is 10.1. The van der Waals surface area contributed by atoms with Crippen molar-refractivity contribution in [1.29, 1.82) is 0 Å². The molecule has 0 bridgehead atoms. The van der Waals surface area contributed by atoms with Gasteiger partial charge in [-0.3, -0.25) is 9.67 Å². The average Bonchev–Trinajstić information content (AvgIpc) is 2.87. The lowest BCUT2D eigenvalue weighted by molar-refractivity contribution is 0.345. The van der Waals surface area contributed by atoms with Crippen LogP contribution in [0, 0.1) is 13.8 Å². The van der Waals surface area contributed by atoms with Crippen LogP contribution in [0.4, 0.5) is 0 Å². The molecule has 1 heterocycles. The Hall–Kier alpha value is -1.61. The zero-order valence-electron chi connectivity index (χ0n) is 17.3. The molecule has 2 aromatic rings. The number of rotatable bonds is 7. The van der Waals surface area contributed by atoms with Gasteiger partial charge >= 0.3 is 0 Å². The molecule has 0 radical (unpaired) electrons. The van der Waals surface area contributed by atoms with Gasteiger partial charge in [0.2, 0.25) is 0 Å². The maximum Gasteiger partial charge on any atom is 0.191 e. The molecule has 0 saturated carbocycles. The third-order valence-corrected chi connectivity index (χ3v) is 4.76. The minimum Gasteiger partial charge on any atom is -0.352 e. The van der Waals surface area contributed by atoms with Crippen molar-refractivity contribution in [2.24, 2.45) is 12.0 Å². The van der Waals surface area contributed by atoms with Gasteiger partial charge in [0, 0.05) is 45.0 Å². The molecule has 7 heteroatoms. The minimum absolute atomic E-state index is 0. The standard InChI is InChI=1S/C20H32N6.HI/c1-7-25(5)14-18-10-8-9-17(11-18)12-22-20(21-4)23-13-19-15(2)24-26(6)16(19)3;/h8-11H,7,12-14H2,1-6H3,(H2,21,22,23);1H. The highest BCUT2D eigenvalue weighted by Crippen LogP contribution is 2.11. The first kappa shape index (κ1) is 23.4. The van der Waals surface area contributed by atoms with Crippen molar-refractivity contribution in [3.63, 3.8) is 0 Å². The van der Waals surface area contributed by atoms with Crippen LogP contribution >= 0.6 is 24.0 Å².